The summed E-state index contributed by atoms with van der Waals surface area (Å²) < 4.78 is 12.3. The zero-order valence-electron chi connectivity index (χ0n) is 33.6. The molecule has 3 rings (SSSR count). The molecule has 0 bridgehead atoms. The average molecular weight is 741 g/mol. The molecule has 1 aromatic carbocycles. The standard InChI is InChI=1S/C41H64N4O8/c1-11-13-15-22-31-28(8)36(46)42-33(25(3)4)39(49)44(10)35(27(7)12-2)41(51)53-32(24-29-19-16-14-17-20-29)38(48)45-23-18-21-30(45)37(47)43(9)34(26(5)6)40(50)52-31/h14,16-17,19-20,25-28,30-35H,11-13,15,18,21-24H2,1-10H3,(H,42,46)/t27-,28+,30-,31-,32-,33-,34-,35+/m0/s1. The molecule has 2 aliphatic heterocycles. The minimum Gasteiger partial charge on any atom is -0.460 e. The van der Waals surface area contributed by atoms with E-state index in [1.165, 1.54) is 21.7 Å². The number of likely N-dealkylation sites (N-methyl/N-ethyl adjacent to an activating group) is 2. The fourth-order valence-corrected chi connectivity index (χ4v) is 7.48. The van der Waals surface area contributed by atoms with Gasteiger partial charge in [0.2, 0.25) is 17.7 Å². The molecule has 0 unspecified atom stereocenters. The third-order valence-corrected chi connectivity index (χ3v) is 11.0. The number of rotatable bonds is 10. The summed E-state index contributed by atoms with van der Waals surface area (Å²) in [7, 11) is 3.07. The van der Waals surface area contributed by atoms with Crippen LogP contribution in [0.15, 0.2) is 30.3 Å². The van der Waals surface area contributed by atoms with Gasteiger partial charge in [-0.15, -0.1) is 0 Å². The van der Waals surface area contributed by atoms with Gasteiger partial charge < -0.3 is 29.5 Å². The van der Waals surface area contributed by atoms with Crippen LogP contribution in [0, 0.1) is 23.7 Å². The molecule has 2 fully saturated rings. The first-order valence-corrected chi connectivity index (χ1v) is 19.6. The maximum atomic E-state index is 14.5. The number of ether oxygens (including phenoxy) is 2. The number of cyclic esters (lactones) is 2. The van der Waals surface area contributed by atoms with E-state index in [0.717, 1.165) is 18.4 Å². The molecule has 53 heavy (non-hydrogen) atoms. The summed E-state index contributed by atoms with van der Waals surface area (Å²) in [6.07, 6.45) is 2.35. The summed E-state index contributed by atoms with van der Waals surface area (Å²) in [6, 6.07) is 5.25. The lowest BCUT2D eigenvalue weighted by atomic mass is 9.94. The minimum absolute atomic E-state index is 0.0620. The van der Waals surface area contributed by atoms with Gasteiger partial charge in [-0.3, -0.25) is 19.2 Å². The molecule has 12 heteroatoms. The van der Waals surface area contributed by atoms with Gasteiger partial charge in [-0.25, -0.2) is 9.59 Å². The smallest absolute Gasteiger partial charge is 0.329 e. The molecule has 12 nitrogen and oxygen atoms in total. The first-order chi connectivity index (χ1) is 25.0. The van der Waals surface area contributed by atoms with Gasteiger partial charge in [0.05, 0.1) is 5.92 Å². The van der Waals surface area contributed by atoms with Crippen LogP contribution in [0.25, 0.3) is 0 Å². The number of hydrogen-bond donors (Lipinski definition) is 1. The molecule has 1 aromatic rings. The van der Waals surface area contributed by atoms with Crippen molar-refractivity contribution in [3.05, 3.63) is 35.9 Å². The van der Waals surface area contributed by atoms with E-state index in [-0.39, 0.29) is 30.7 Å². The van der Waals surface area contributed by atoms with E-state index in [0.29, 0.717) is 32.1 Å². The molecule has 0 spiro atoms. The van der Waals surface area contributed by atoms with Gasteiger partial charge in [0.25, 0.3) is 5.91 Å². The first kappa shape index (κ1) is 43.4. The topological polar surface area (TPSA) is 143 Å². The predicted molar refractivity (Wildman–Crippen MR) is 202 cm³/mol. The number of fused-ring (bicyclic) bond motifs is 1. The van der Waals surface area contributed by atoms with Gasteiger partial charge in [0.15, 0.2) is 6.10 Å². The van der Waals surface area contributed by atoms with Crippen LogP contribution in [0.1, 0.15) is 106 Å². The summed E-state index contributed by atoms with van der Waals surface area (Å²) >= 11 is 0. The monoisotopic (exact) mass is 740 g/mol. The Morgan fingerprint density at radius 1 is 0.792 bits per heavy atom. The number of amides is 4. The highest BCUT2D eigenvalue weighted by Crippen LogP contribution is 2.27. The second kappa shape index (κ2) is 19.9. The maximum Gasteiger partial charge on any atom is 0.329 e. The molecule has 2 heterocycles. The second-order valence-electron chi connectivity index (χ2n) is 15.7. The lowest BCUT2D eigenvalue weighted by Gasteiger charge is -2.36. The Morgan fingerprint density at radius 2 is 1.42 bits per heavy atom. The quantitative estimate of drug-likeness (QED) is 0.267. The molecule has 0 saturated carbocycles. The van der Waals surface area contributed by atoms with E-state index < -0.39 is 77.9 Å². The van der Waals surface area contributed by atoms with E-state index in [1.54, 1.807) is 14.0 Å². The number of hydrogen-bond acceptors (Lipinski definition) is 8. The molecular formula is C41H64N4O8. The van der Waals surface area contributed by atoms with E-state index >= 15 is 0 Å². The van der Waals surface area contributed by atoms with Crippen LogP contribution in [-0.4, -0.2) is 107 Å². The van der Waals surface area contributed by atoms with Crippen molar-refractivity contribution >= 4 is 35.6 Å². The molecule has 0 aromatic heterocycles. The van der Waals surface area contributed by atoms with Gasteiger partial charge in [-0.2, -0.15) is 0 Å². The van der Waals surface area contributed by atoms with Crippen molar-refractivity contribution in [3.63, 3.8) is 0 Å². The number of unbranched alkanes of at least 4 members (excludes halogenated alkanes) is 2. The summed E-state index contributed by atoms with van der Waals surface area (Å²) in [5.74, 6) is -5.10. The highest BCUT2D eigenvalue weighted by Gasteiger charge is 2.45. The fourth-order valence-electron chi connectivity index (χ4n) is 7.48. The van der Waals surface area contributed by atoms with Crippen LogP contribution in [0.2, 0.25) is 0 Å². The summed E-state index contributed by atoms with van der Waals surface area (Å²) in [4.78, 5) is 89.5. The Bertz CT molecular complexity index is 1420. The Morgan fingerprint density at radius 3 is 2.00 bits per heavy atom. The number of carbonyl (C=O) groups is 6. The van der Waals surface area contributed by atoms with Gasteiger partial charge in [-0.05, 0) is 49.0 Å². The molecule has 1 N–H and O–H groups in total. The number of benzene rings is 1. The number of nitrogens with one attached hydrogen (secondary N) is 1. The second-order valence-corrected chi connectivity index (χ2v) is 15.7. The van der Waals surface area contributed by atoms with Crippen molar-refractivity contribution in [2.75, 3.05) is 20.6 Å². The van der Waals surface area contributed by atoms with Crippen LogP contribution < -0.4 is 5.32 Å². The van der Waals surface area contributed by atoms with E-state index in [1.807, 2.05) is 71.9 Å². The zero-order valence-corrected chi connectivity index (χ0v) is 33.6. The summed E-state index contributed by atoms with van der Waals surface area (Å²) in [6.45, 7) is 15.0. The van der Waals surface area contributed by atoms with Gasteiger partial charge >= 0.3 is 11.9 Å². The number of carbonyl (C=O) groups excluding carboxylic acids is 6. The third-order valence-electron chi connectivity index (χ3n) is 11.0. The van der Waals surface area contributed by atoms with Crippen molar-refractivity contribution < 1.29 is 38.2 Å². The third kappa shape index (κ3) is 10.8. The molecule has 4 amide bonds. The van der Waals surface area contributed by atoms with Crippen molar-refractivity contribution in [2.45, 2.75) is 143 Å². The van der Waals surface area contributed by atoms with Gasteiger partial charge in [0, 0.05) is 27.1 Å². The summed E-state index contributed by atoms with van der Waals surface area (Å²) in [5, 5.41) is 2.91. The Labute approximate surface area is 316 Å². The molecule has 2 aliphatic rings. The van der Waals surface area contributed by atoms with Crippen LogP contribution >= 0.6 is 0 Å². The maximum absolute atomic E-state index is 14.5. The van der Waals surface area contributed by atoms with Crippen molar-refractivity contribution in [1.29, 1.82) is 0 Å². The van der Waals surface area contributed by atoms with E-state index in [4.69, 9.17) is 9.47 Å². The normalized spacial score (nSPS) is 27.9. The van der Waals surface area contributed by atoms with Crippen LogP contribution in [0.4, 0.5) is 0 Å². The molecule has 296 valence electrons. The first-order valence-electron chi connectivity index (χ1n) is 19.6. The highest BCUT2D eigenvalue weighted by atomic mass is 16.6. The van der Waals surface area contributed by atoms with Crippen molar-refractivity contribution in [3.8, 4) is 0 Å². The van der Waals surface area contributed by atoms with Crippen LogP contribution in [0.3, 0.4) is 0 Å². The summed E-state index contributed by atoms with van der Waals surface area (Å²) in [5.41, 5.74) is 0.758. The molecule has 2 saturated heterocycles. The van der Waals surface area contributed by atoms with Crippen molar-refractivity contribution in [1.82, 2.24) is 20.0 Å². The van der Waals surface area contributed by atoms with Crippen LogP contribution in [-0.2, 0) is 44.7 Å². The van der Waals surface area contributed by atoms with Gasteiger partial charge in [0.1, 0.15) is 30.3 Å². The number of esters is 2. The van der Waals surface area contributed by atoms with Crippen LogP contribution in [0.5, 0.6) is 0 Å². The molecular weight excluding hydrogens is 676 g/mol. The highest BCUT2D eigenvalue weighted by molar-refractivity contribution is 5.95. The fraction of sp³-hybridized carbons (Fsp3) is 0.707. The van der Waals surface area contributed by atoms with E-state index in [9.17, 15) is 28.8 Å². The molecule has 8 atom stereocenters. The predicted octanol–water partition coefficient (Wildman–Crippen LogP) is 4.77. The lowest BCUT2D eigenvalue weighted by molar-refractivity contribution is -0.170. The minimum atomic E-state index is -1.28. The lowest BCUT2D eigenvalue weighted by Crippen LogP contribution is -2.58. The number of nitrogens with zero attached hydrogens (tertiary/aromatic N) is 3. The van der Waals surface area contributed by atoms with Crippen molar-refractivity contribution in [2.24, 2.45) is 23.7 Å². The molecule has 0 aliphatic carbocycles. The zero-order chi connectivity index (χ0) is 39.6. The average Bonchev–Trinajstić information content (AvgIpc) is 3.61. The van der Waals surface area contributed by atoms with Gasteiger partial charge in [-0.1, -0.05) is 105 Å². The Hall–Kier alpha value is -3.96. The Balaban J connectivity index is 2.18. The largest absolute Gasteiger partial charge is 0.460 e. The SMILES string of the molecule is CCCCC[C@@H]1OC(=O)[C@H](C(C)C)N(C)C(=O)[C@@H]2CCCN2C(=O)[C@H](Cc2ccccc2)OC(=O)[C@@H]([C@@H](C)CC)N(C)C(=O)[C@H](C(C)C)NC(=O)[C@@H]1C. The molecule has 0 radical (unpaired) electrons. The van der Waals surface area contributed by atoms with E-state index in [2.05, 4.69) is 12.2 Å². The Kier molecular flexibility index (Phi) is 16.3.